The van der Waals surface area contributed by atoms with Crippen molar-refractivity contribution in [3.05, 3.63) is 265 Å². The second-order valence-electron chi connectivity index (χ2n) is 16.9. The molecule has 0 bridgehead atoms. The molecule has 1 aromatic heterocycles. The van der Waals surface area contributed by atoms with Gasteiger partial charge >= 0.3 is 0 Å². The summed E-state index contributed by atoms with van der Waals surface area (Å²) in [5.74, 6) is -0.576. The summed E-state index contributed by atoms with van der Waals surface area (Å²) in [4.78, 5) is 8.86. The van der Waals surface area contributed by atoms with E-state index in [0.717, 1.165) is 97.6 Å². The van der Waals surface area contributed by atoms with Gasteiger partial charge in [-0.15, -0.1) is 0 Å². The van der Waals surface area contributed by atoms with Crippen LogP contribution in [-0.4, -0.2) is 11.6 Å². The minimum absolute atomic E-state index is 0.285. The lowest BCUT2D eigenvalue weighted by Gasteiger charge is -2.31. The number of para-hydroxylation sites is 4. The van der Waals surface area contributed by atoms with Gasteiger partial charge in [0.05, 0.1) is 5.52 Å². The lowest BCUT2D eigenvalue weighted by molar-refractivity contribution is 0.627. The van der Waals surface area contributed by atoms with Crippen LogP contribution in [0.2, 0.25) is 0 Å². The highest BCUT2D eigenvalue weighted by Gasteiger charge is 2.27. The Kier molecular flexibility index (Phi) is 11.3. The highest BCUT2D eigenvalue weighted by Crippen LogP contribution is 2.45. The maximum absolute atomic E-state index is 14.6. The van der Waals surface area contributed by atoms with E-state index in [0.29, 0.717) is 0 Å². The summed E-state index contributed by atoms with van der Waals surface area (Å²) < 4.78 is 31.5. The van der Waals surface area contributed by atoms with Gasteiger partial charge in [-0.1, -0.05) is 72.8 Å². The number of fused-ring (bicyclic) bond motifs is 3. The first-order chi connectivity index (χ1) is 33.5. The van der Waals surface area contributed by atoms with Gasteiger partial charge < -0.3 is 24.2 Å². The van der Waals surface area contributed by atoms with Crippen molar-refractivity contribution in [1.82, 2.24) is 4.57 Å². The van der Waals surface area contributed by atoms with Crippen LogP contribution in [0.3, 0.4) is 0 Å². The van der Waals surface area contributed by atoms with Crippen LogP contribution < -0.4 is 19.6 Å². The molecule has 0 unspecified atom stereocenters. The molecule has 10 aromatic rings. The molecule has 0 saturated carbocycles. The maximum atomic E-state index is 14.6. The first-order valence-electron chi connectivity index (χ1n) is 22.9. The van der Waals surface area contributed by atoms with E-state index in [1.54, 1.807) is 0 Å². The molecule has 7 heteroatoms. The van der Waals surface area contributed by atoms with Crippen molar-refractivity contribution in [3.8, 4) is 5.69 Å². The van der Waals surface area contributed by atoms with E-state index in [4.69, 9.17) is 0 Å². The highest BCUT2D eigenvalue weighted by atomic mass is 19.1. The summed E-state index contributed by atoms with van der Waals surface area (Å²) in [6, 6.07) is 78.8. The van der Waals surface area contributed by atoms with Gasteiger partial charge in [0.15, 0.2) is 0 Å². The molecular formula is C61H47F2N5. The van der Waals surface area contributed by atoms with E-state index >= 15 is 0 Å². The molecule has 0 radical (unpaired) electrons. The van der Waals surface area contributed by atoms with Gasteiger partial charge in [0.1, 0.15) is 11.6 Å². The second-order valence-corrected chi connectivity index (χ2v) is 16.9. The van der Waals surface area contributed by atoms with Gasteiger partial charge in [0, 0.05) is 91.9 Å². The molecule has 11 rings (SSSR count). The van der Waals surface area contributed by atoms with Crippen molar-refractivity contribution >= 4 is 73.9 Å². The van der Waals surface area contributed by atoms with Crippen LogP contribution in [0.25, 0.3) is 22.7 Å². The summed E-state index contributed by atoms with van der Waals surface area (Å²) >= 11 is 0. The Bertz CT molecular complexity index is 3300. The third-order valence-electron chi connectivity index (χ3n) is 12.8. The Labute approximate surface area is 395 Å². The van der Waals surface area contributed by atoms with Crippen LogP contribution in [0.4, 0.5) is 65.7 Å². The second kappa shape index (κ2) is 18.3. The van der Waals surface area contributed by atoms with Crippen LogP contribution >= 0.6 is 0 Å². The molecule has 0 fully saturated rings. The third kappa shape index (κ3) is 8.15. The SMILES string of the molecule is CN(c1ccccc1)c1ccc(N(c2ccc(F)cc2)c2ccc3c(c2)c2c(n3-c3ccccc3)CCC(N(c3ccc(F)cc3)c3ccc(N(c4ccccc4)c4ccccc4)cc3)=C2)cc1. The van der Waals surface area contributed by atoms with E-state index in [1.165, 1.54) is 30.0 Å². The normalized spacial score (nSPS) is 12.0. The molecule has 0 N–H and O–H groups in total. The highest BCUT2D eigenvalue weighted by molar-refractivity contribution is 5.98. The van der Waals surface area contributed by atoms with Crippen LogP contribution in [0.15, 0.2) is 242 Å². The van der Waals surface area contributed by atoms with Crippen molar-refractivity contribution in [1.29, 1.82) is 0 Å². The van der Waals surface area contributed by atoms with E-state index in [9.17, 15) is 8.78 Å². The Hall–Kier alpha value is -8.68. The minimum atomic E-state index is -0.291. The van der Waals surface area contributed by atoms with E-state index in [1.807, 2.05) is 60.7 Å². The Morgan fingerprint density at radius 1 is 0.368 bits per heavy atom. The number of rotatable bonds is 12. The summed E-state index contributed by atoms with van der Waals surface area (Å²) in [5.41, 5.74) is 15.4. The fourth-order valence-corrected chi connectivity index (χ4v) is 9.52. The van der Waals surface area contributed by atoms with Gasteiger partial charge in [-0.2, -0.15) is 0 Å². The van der Waals surface area contributed by atoms with E-state index in [2.05, 4.69) is 189 Å². The lowest BCUT2D eigenvalue weighted by atomic mass is 9.97. The molecule has 0 saturated heterocycles. The Morgan fingerprint density at radius 2 is 0.735 bits per heavy atom. The van der Waals surface area contributed by atoms with Gasteiger partial charge in [0.25, 0.3) is 0 Å². The number of hydrogen-bond donors (Lipinski definition) is 0. The van der Waals surface area contributed by atoms with Crippen LogP contribution in [-0.2, 0) is 6.42 Å². The molecule has 0 spiro atoms. The smallest absolute Gasteiger partial charge is 0.123 e. The number of allylic oxidation sites excluding steroid dienone is 1. The molecule has 0 atom stereocenters. The predicted molar refractivity (Wildman–Crippen MR) is 278 cm³/mol. The van der Waals surface area contributed by atoms with Gasteiger partial charge in [-0.25, -0.2) is 8.78 Å². The molecular weight excluding hydrogens is 841 g/mol. The average molecular weight is 888 g/mol. The average Bonchev–Trinajstić information content (AvgIpc) is 3.72. The zero-order chi connectivity index (χ0) is 46.0. The maximum Gasteiger partial charge on any atom is 0.123 e. The van der Waals surface area contributed by atoms with Crippen molar-refractivity contribution in [2.24, 2.45) is 0 Å². The molecule has 0 aliphatic heterocycles. The number of hydrogen-bond acceptors (Lipinski definition) is 4. The van der Waals surface area contributed by atoms with Gasteiger partial charge in [-0.3, -0.25) is 0 Å². The molecule has 1 aliphatic rings. The molecule has 1 heterocycles. The Balaban J connectivity index is 1.04. The summed E-state index contributed by atoms with van der Waals surface area (Å²) in [6.45, 7) is 0. The fourth-order valence-electron chi connectivity index (χ4n) is 9.52. The molecule has 330 valence electrons. The fraction of sp³-hybridized carbons (Fsp3) is 0.0492. The zero-order valence-electron chi connectivity index (χ0n) is 37.5. The summed E-state index contributed by atoms with van der Waals surface area (Å²) in [5, 5.41) is 1.09. The number of halogens is 2. The number of nitrogens with zero attached hydrogens (tertiary/aromatic N) is 5. The first-order valence-corrected chi connectivity index (χ1v) is 22.9. The molecule has 1 aliphatic carbocycles. The van der Waals surface area contributed by atoms with Crippen molar-refractivity contribution < 1.29 is 8.78 Å². The topological polar surface area (TPSA) is 17.9 Å². The molecule has 9 aromatic carbocycles. The largest absolute Gasteiger partial charge is 0.345 e. The molecule has 0 amide bonds. The number of anilines is 10. The first kappa shape index (κ1) is 42.0. The molecule has 68 heavy (non-hydrogen) atoms. The van der Waals surface area contributed by atoms with Crippen molar-refractivity contribution in [3.63, 3.8) is 0 Å². The third-order valence-corrected chi connectivity index (χ3v) is 12.8. The monoisotopic (exact) mass is 887 g/mol. The van der Waals surface area contributed by atoms with Crippen molar-refractivity contribution in [2.45, 2.75) is 12.8 Å². The van der Waals surface area contributed by atoms with Crippen LogP contribution in [0, 0.1) is 11.6 Å². The standard InChI is InChI=1S/C61H47F2N5/c1-64(46-14-6-2-7-15-46)47-30-32-54(33-31-47)66(51-26-22-44(62)23-27-51)56-38-40-60-58(42-56)59-43-57(39-41-61(59)68(60)50-20-12-5-13-21-50)67(52-28-24-45(63)25-29-52)55-36-34-53(35-37-55)65(48-16-8-3-9-17-48)49-18-10-4-11-19-49/h2-38,40,42-43H,39,41H2,1H3. The summed E-state index contributed by atoms with van der Waals surface area (Å²) in [6.07, 6.45) is 3.83. The minimum Gasteiger partial charge on any atom is -0.345 e. The predicted octanol–water partition coefficient (Wildman–Crippen LogP) is 16.7. The molecule has 5 nitrogen and oxygen atoms in total. The zero-order valence-corrected chi connectivity index (χ0v) is 37.5. The van der Waals surface area contributed by atoms with Crippen LogP contribution in [0.5, 0.6) is 0 Å². The Morgan fingerprint density at radius 3 is 1.24 bits per heavy atom. The van der Waals surface area contributed by atoms with Crippen molar-refractivity contribution in [2.75, 3.05) is 26.6 Å². The van der Waals surface area contributed by atoms with Crippen LogP contribution in [0.1, 0.15) is 17.7 Å². The van der Waals surface area contributed by atoms with Gasteiger partial charge in [0.2, 0.25) is 0 Å². The quantitative estimate of drug-likeness (QED) is 0.122. The number of aromatic nitrogens is 1. The van der Waals surface area contributed by atoms with E-state index < -0.39 is 0 Å². The lowest BCUT2D eigenvalue weighted by Crippen LogP contribution is -2.20. The van der Waals surface area contributed by atoms with E-state index in [-0.39, 0.29) is 11.6 Å². The summed E-state index contributed by atoms with van der Waals surface area (Å²) in [7, 11) is 2.07. The van der Waals surface area contributed by atoms with Gasteiger partial charge in [-0.05, 0) is 183 Å². The number of benzene rings is 9.